The molecular weight excluding hydrogens is 564 g/mol. The van der Waals surface area contributed by atoms with Gasteiger partial charge in [-0.25, -0.2) is 4.79 Å². The number of carbonyl (C=O) groups is 1. The second-order valence-electron chi connectivity index (χ2n) is 10.3. The summed E-state index contributed by atoms with van der Waals surface area (Å²) in [6, 6.07) is 31.5. The highest BCUT2D eigenvalue weighted by atomic mass is 32.2. The summed E-state index contributed by atoms with van der Waals surface area (Å²) in [6.07, 6.45) is -0.900. The zero-order chi connectivity index (χ0) is 30.0. The van der Waals surface area contributed by atoms with Crippen molar-refractivity contribution in [3.8, 4) is 11.5 Å². The third kappa shape index (κ3) is 8.37. The van der Waals surface area contributed by atoms with Crippen molar-refractivity contribution < 1.29 is 29.2 Å². The molecule has 2 amide bonds. The zero-order valence-corrected chi connectivity index (χ0v) is 24.7. The van der Waals surface area contributed by atoms with E-state index in [9.17, 15) is 15.0 Å². The Labute approximate surface area is 256 Å². The van der Waals surface area contributed by atoms with Crippen LogP contribution in [0.4, 0.5) is 16.2 Å². The Balaban J connectivity index is 1.21. The summed E-state index contributed by atoms with van der Waals surface area (Å²) in [7, 11) is 0. The van der Waals surface area contributed by atoms with Crippen molar-refractivity contribution in [2.75, 3.05) is 28.7 Å². The number of aliphatic hydroxyl groups excluding tert-OH is 2. The van der Waals surface area contributed by atoms with Crippen molar-refractivity contribution in [2.45, 2.75) is 32.0 Å². The van der Waals surface area contributed by atoms with Crippen LogP contribution in [0, 0.1) is 5.92 Å². The SMILES string of the molecule is CC1C(CSCCO)OC(c2ccc(NC(=O)Nc3ccc(Oc4ccccc4)cc3)cc2)OC1c1ccc(CO)cc1. The van der Waals surface area contributed by atoms with E-state index in [1.807, 2.05) is 78.9 Å². The molecule has 224 valence electrons. The molecule has 4 aromatic carbocycles. The van der Waals surface area contributed by atoms with Crippen molar-refractivity contribution >= 4 is 29.2 Å². The van der Waals surface area contributed by atoms with Gasteiger partial charge < -0.3 is 35.1 Å². The first-order chi connectivity index (χ1) is 21.0. The minimum Gasteiger partial charge on any atom is -0.457 e. The standard InChI is InChI=1S/C34H36N2O6S/c1-23-31(22-43-20-19-37)41-33(42-32(23)25-9-7-24(21-38)8-10-25)26-11-13-27(14-12-26)35-34(39)36-28-15-17-30(18-16-28)40-29-5-3-2-4-6-29/h2-18,23,31-33,37-38H,19-22H2,1H3,(H2,35,36,39). The second kappa shape index (κ2) is 15.0. The number of para-hydroxylation sites is 1. The quantitative estimate of drug-likeness (QED) is 0.136. The Kier molecular flexibility index (Phi) is 10.7. The number of carbonyl (C=O) groups excluding carboxylic acids is 1. The fourth-order valence-electron chi connectivity index (χ4n) is 4.82. The molecule has 0 aromatic heterocycles. The third-order valence-corrected chi connectivity index (χ3v) is 8.21. The van der Waals surface area contributed by atoms with E-state index in [2.05, 4.69) is 17.6 Å². The molecule has 4 atom stereocenters. The molecular formula is C34H36N2O6S. The van der Waals surface area contributed by atoms with Gasteiger partial charge in [-0.2, -0.15) is 11.8 Å². The molecule has 1 heterocycles. The van der Waals surface area contributed by atoms with Crippen LogP contribution in [0.25, 0.3) is 0 Å². The van der Waals surface area contributed by atoms with Gasteiger partial charge in [0.05, 0.1) is 25.4 Å². The summed E-state index contributed by atoms with van der Waals surface area (Å²) >= 11 is 1.65. The van der Waals surface area contributed by atoms with Crippen molar-refractivity contribution in [1.29, 1.82) is 0 Å². The van der Waals surface area contributed by atoms with Gasteiger partial charge in [-0.3, -0.25) is 0 Å². The molecule has 4 aromatic rings. The number of hydrogen-bond acceptors (Lipinski definition) is 7. The van der Waals surface area contributed by atoms with Gasteiger partial charge in [0.25, 0.3) is 0 Å². The molecule has 1 fully saturated rings. The number of anilines is 2. The molecule has 8 nitrogen and oxygen atoms in total. The largest absolute Gasteiger partial charge is 0.457 e. The zero-order valence-electron chi connectivity index (χ0n) is 23.9. The summed E-state index contributed by atoms with van der Waals surface area (Å²) in [5, 5.41) is 24.4. The van der Waals surface area contributed by atoms with Crippen molar-refractivity contribution in [1.82, 2.24) is 0 Å². The van der Waals surface area contributed by atoms with E-state index in [1.54, 1.807) is 36.0 Å². The highest BCUT2D eigenvalue weighted by Gasteiger charge is 2.38. The second-order valence-corrected chi connectivity index (χ2v) is 11.4. The molecule has 1 aliphatic rings. The summed E-state index contributed by atoms with van der Waals surface area (Å²) in [4.78, 5) is 12.7. The van der Waals surface area contributed by atoms with Crippen LogP contribution in [0.1, 0.15) is 36.0 Å². The normalized spacial score (nSPS) is 19.9. The molecule has 4 unspecified atom stereocenters. The van der Waals surface area contributed by atoms with Crippen LogP contribution in [0.15, 0.2) is 103 Å². The molecule has 43 heavy (non-hydrogen) atoms. The van der Waals surface area contributed by atoms with Crippen molar-refractivity contribution in [2.24, 2.45) is 5.92 Å². The summed E-state index contributed by atoms with van der Waals surface area (Å²) in [6.45, 7) is 2.22. The van der Waals surface area contributed by atoms with Crippen molar-refractivity contribution in [3.63, 3.8) is 0 Å². The Morgan fingerprint density at radius 2 is 1.40 bits per heavy atom. The fraction of sp³-hybridized carbons (Fsp3) is 0.265. The first-order valence-electron chi connectivity index (χ1n) is 14.2. The van der Waals surface area contributed by atoms with Gasteiger partial charge in [0.15, 0.2) is 6.29 Å². The molecule has 0 spiro atoms. The lowest BCUT2D eigenvalue weighted by molar-refractivity contribution is -0.268. The average molecular weight is 601 g/mol. The number of amides is 2. The molecule has 5 rings (SSSR count). The van der Waals surface area contributed by atoms with Gasteiger partial charge in [-0.05, 0) is 59.7 Å². The highest BCUT2D eigenvalue weighted by Crippen LogP contribution is 2.42. The van der Waals surface area contributed by atoms with Crippen LogP contribution >= 0.6 is 11.8 Å². The van der Waals surface area contributed by atoms with Gasteiger partial charge in [0.1, 0.15) is 11.5 Å². The number of hydrogen-bond donors (Lipinski definition) is 4. The van der Waals surface area contributed by atoms with Gasteiger partial charge in [0.2, 0.25) is 0 Å². The van der Waals surface area contributed by atoms with E-state index in [0.29, 0.717) is 22.9 Å². The molecule has 0 saturated carbocycles. The summed E-state index contributed by atoms with van der Waals surface area (Å²) < 4.78 is 18.7. The van der Waals surface area contributed by atoms with Crippen molar-refractivity contribution in [3.05, 3.63) is 120 Å². The maximum Gasteiger partial charge on any atom is 0.323 e. The first kappa shape index (κ1) is 30.6. The predicted molar refractivity (Wildman–Crippen MR) is 169 cm³/mol. The Hall–Kier alpha value is -3.86. The van der Waals surface area contributed by atoms with E-state index in [0.717, 1.165) is 28.2 Å². The van der Waals surface area contributed by atoms with Crippen LogP contribution in [0.5, 0.6) is 11.5 Å². The summed E-state index contributed by atoms with van der Waals surface area (Å²) in [5.41, 5.74) is 3.96. The number of ether oxygens (including phenoxy) is 3. The number of urea groups is 1. The number of aliphatic hydroxyl groups is 2. The van der Waals surface area contributed by atoms with E-state index in [-0.39, 0.29) is 37.4 Å². The molecule has 0 aliphatic carbocycles. The van der Waals surface area contributed by atoms with Gasteiger partial charge in [-0.15, -0.1) is 0 Å². The van der Waals surface area contributed by atoms with Crippen LogP contribution in [-0.4, -0.2) is 40.5 Å². The van der Waals surface area contributed by atoms with Crippen LogP contribution in [0.3, 0.4) is 0 Å². The predicted octanol–water partition coefficient (Wildman–Crippen LogP) is 7.13. The number of rotatable bonds is 11. The van der Waals surface area contributed by atoms with E-state index < -0.39 is 6.29 Å². The van der Waals surface area contributed by atoms with Gasteiger partial charge in [0, 0.05) is 34.4 Å². The van der Waals surface area contributed by atoms with Crippen LogP contribution in [-0.2, 0) is 16.1 Å². The average Bonchev–Trinajstić information content (AvgIpc) is 3.04. The minimum absolute atomic E-state index is 0.0120. The Morgan fingerprint density at radius 3 is 2.02 bits per heavy atom. The molecule has 1 saturated heterocycles. The fourth-order valence-corrected chi connectivity index (χ4v) is 5.73. The maximum atomic E-state index is 12.7. The minimum atomic E-state index is -0.599. The monoisotopic (exact) mass is 600 g/mol. The van der Waals surface area contributed by atoms with E-state index >= 15 is 0 Å². The van der Waals surface area contributed by atoms with Crippen LogP contribution < -0.4 is 15.4 Å². The molecule has 4 N–H and O–H groups in total. The highest BCUT2D eigenvalue weighted by molar-refractivity contribution is 7.99. The third-order valence-electron chi connectivity index (χ3n) is 7.17. The topological polar surface area (TPSA) is 109 Å². The lowest BCUT2D eigenvalue weighted by atomic mass is 9.91. The number of thioether (sulfide) groups is 1. The summed E-state index contributed by atoms with van der Waals surface area (Å²) in [5.74, 6) is 2.86. The first-order valence-corrected chi connectivity index (χ1v) is 15.4. The van der Waals surface area contributed by atoms with Crippen LogP contribution in [0.2, 0.25) is 0 Å². The molecule has 9 heteroatoms. The van der Waals surface area contributed by atoms with E-state index in [1.165, 1.54) is 0 Å². The van der Waals surface area contributed by atoms with E-state index in [4.69, 9.17) is 14.2 Å². The smallest absolute Gasteiger partial charge is 0.323 e. The molecule has 0 bridgehead atoms. The maximum absolute atomic E-state index is 12.7. The Bertz CT molecular complexity index is 1430. The van der Waals surface area contributed by atoms with Gasteiger partial charge in [-0.1, -0.05) is 61.5 Å². The van der Waals surface area contributed by atoms with Gasteiger partial charge >= 0.3 is 6.03 Å². The lowest BCUT2D eigenvalue weighted by Crippen LogP contribution is -2.38. The molecule has 1 aliphatic heterocycles. The number of nitrogens with one attached hydrogen (secondary N) is 2. The Morgan fingerprint density at radius 1 is 0.791 bits per heavy atom. The lowest BCUT2D eigenvalue weighted by Gasteiger charge is -2.41. The number of benzene rings is 4. The molecule has 0 radical (unpaired) electrons.